The molecule has 0 aliphatic carbocycles. The van der Waals surface area contributed by atoms with E-state index >= 15 is 0 Å². The van der Waals surface area contributed by atoms with Gasteiger partial charge < -0.3 is 5.32 Å². The summed E-state index contributed by atoms with van der Waals surface area (Å²) < 4.78 is 0. The number of rotatable bonds is 4. The molecule has 0 aliphatic rings. The van der Waals surface area contributed by atoms with Gasteiger partial charge >= 0.3 is 0 Å². The van der Waals surface area contributed by atoms with Crippen molar-refractivity contribution < 1.29 is 0 Å². The SMILES string of the molecule is N#Cc1cccc(Nc2nnc(Cc3cccs3)c(=O)[nH]2)c1. The molecule has 1 aromatic carbocycles. The highest BCUT2D eigenvalue weighted by Gasteiger charge is 2.07. The van der Waals surface area contributed by atoms with Crippen molar-refractivity contribution in [2.45, 2.75) is 6.42 Å². The van der Waals surface area contributed by atoms with Crippen LogP contribution in [0.25, 0.3) is 0 Å². The summed E-state index contributed by atoms with van der Waals surface area (Å²) in [6.07, 6.45) is 0.462. The van der Waals surface area contributed by atoms with E-state index in [9.17, 15) is 4.79 Å². The number of benzene rings is 1. The van der Waals surface area contributed by atoms with Gasteiger partial charge in [0, 0.05) is 17.0 Å². The molecule has 0 bridgehead atoms. The molecule has 0 spiro atoms. The van der Waals surface area contributed by atoms with Gasteiger partial charge in [0.2, 0.25) is 5.95 Å². The first-order chi connectivity index (χ1) is 10.7. The zero-order chi connectivity index (χ0) is 15.4. The molecule has 0 fully saturated rings. The van der Waals surface area contributed by atoms with E-state index in [4.69, 9.17) is 5.26 Å². The quantitative estimate of drug-likeness (QED) is 0.772. The van der Waals surface area contributed by atoms with Crippen LogP contribution in [0.5, 0.6) is 0 Å². The molecular weight excluding hydrogens is 298 g/mol. The molecular formula is C15H11N5OS. The monoisotopic (exact) mass is 309 g/mol. The molecule has 7 heteroatoms. The fourth-order valence-electron chi connectivity index (χ4n) is 1.91. The molecule has 0 unspecified atom stereocenters. The molecule has 0 aliphatic heterocycles. The lowest BCUT2D eigenvalue weighted by molar-refractivity contribution is 0.879. The maximum atomic E-state index is 12.0. The van der Waals surface area contributed by atoms with Crippen LogP contribution in [0.3, 0.4) is 0 Å². The normalized spacial score (nSPS) is 10.1. The number of aromatic amines is 1. The summed E-state index contributed by atoms with van der Waals surface area (Å²) in [5, 5.41) is 21.7. The molecule has 0 amide bonds. The van der Waals surface area contributed by atoms with E-state index in [0.717, 1.165) is 4.88 Å². The van der Waals surface area contributed by atoms with E-state index in [2.05, 4.69) is 26.6 Å². The lowest BCUT2D eigenvalue weighted by Gasteiger charge is -2.05. The number of nitrogens with one attached hydrogen (secondary N) is 2. The lowest BCUT2D eigenvalue weighted by atomic mass is 10.2. The predicted molar refractivity (Wildman–Crippen MR) is 84.2 cm³/mol. The molecule has 6 nitrogen and oxygen atoms in total. The van der Waals surface area contributed by atoms with Crippen LogP contribution in [0, 0.1) is 11.3 Å². The predicted octanol–water partition coefficient (Wildman–Crippen LogP) is 2.43. The number of hydrogen-bond donors (Lipinski definition) is 2. The molecule has 22 heavy (non-hydrogen) atoms. The van der Waals surface area contributed by atoms with Crippen LogP contribution in [-0.2, 0) is 6.42 Å². The standard InChI is InChI=1S/C15H11N5OS/c16-9-10-3-1-4-11(7-10)17-15-18-14(21)13(19-20-15)8-12-5-2-6-22-12/h1-7H,8H2,(H2,17,18,20,21). The highest BCUT2D eigenvalue weighted by atomic mass is 32.1. The average Bonchev–Trinajstić information content (AvgIpc) is 3.03. The molecule has 108 valence electrons. The van der Waals surface area contributed by atoms with Crippen LogP contribution >= 0.6 is 11.3 Å². The Morgan fingerprint density at radius 2 is 2.18 bits per heavy atom. The van der Waals surface area contributed by atoms with E-state index in [1.807, 2.05) is 17.5 Å². The fourth-order valence-corrected chi connectivity index (χ4v) is 2.62. The third kappa shape index (κ3) is 3.19. The van der Waals surface area contributed by atoms with Crippen molar-refractivity contribution >= 4 is 23.0 Å². The first-order valence-corrected chi connectivity index (χ1v) is 7.38. The van der Waals surface area contributed by atoms with Gasteiger partial charge in [-0.25, -0.2) is 0 Å². The highest BCUT2D eigenvalue weighted by molar-refractivity contribution is 7.09. The van der Waals surface area contributed by atoms with Crippen molar-refractivity contribution in [3.63, 3.8) is 0 Å². The van der Waals surface area contributed by atoms with E-state index in [0.29, 0.717) is 23.4 Å². The van der Waals surface area contributed by atoms with Gasteiger partial charge in [0.1, 0.15) is 5.69 Å². The summed E-state index contributed by atoms with van der Waals surface area (Å²) in [7, 11) is 0. The third-order valence-corrected chi connectivity index (χ3v) is 3.82. The van der Waals surface area contributed by atoms with Gasteiger partial charge in [-0.3, -0.25) is 9.78 Å². The zero-order valence-corrected chi connectivity index (χ0v) is 12.2. The molecule has 2 heterocycles. The second-order valence-electron chi connectivity index (χ2n) is 4.52. The summed E-state index contributed by atoms with van der Waals surface area (Å²) in [6.45, 7) is 0. The number of hydrogen-bond acceptors (Lipinski definition) is 6. The second-order valence-corrected chi connectivity index (χ2v) is 5.56. The van der Waals surface area contributed by atoms with Gasteiger partial charge in [-0.15, -0.1) is 21.5 Å². The summed E-state index contributed by atoms with van der Waals surface area (Å²) in [5.41, 5.74) is 1.28. The largest absolute Gasteiger partial charge is 0.324 e. The number of nitrogens with zero attached hydrogens (tertiary/aromatic N) is 3. The number of anilines is 2. The van der Waals surface area contributed by atoms with Crippen LogP contribution in [0.2, 0.25) is 0 Å². The van der Waals surface area contributed by atoms with Crippen LogP contribution in [0.1, 0.15) is 16.1 Å². The Bertz CT molecular complexity index is 879. The van der Waals surface area contributed by atoms with Crippen LogP contribution in [0.15, 0.2) is 46.6 Å². The van der Waals surface area contributed by atoms with E-state index in [1.54, 1.807) is 35.6 Å². The number of H-pyrrole nitrogens is 1. The minimum absolute atomic E-state index is 0.245. The Labute approximate surface area is 130 Å². The Hall–Kier alpha value is -2.98. The summed E-state index contributed by atoms with van der Waals surface area (Å²) in [5.74, 6) is 0.245. The van der Waals surface area contributed by atoms with Gasteiger partial charge in [0.25, 0.3) is 5.56 Å². The van der Waals surface area contributed by atoms with Crippen molar-refractivity contribution in [2.24, 2.45) is 0 Å². The number of aromatic nitrogens is 3. The van der Waals surface area contributed by atoms with E-state index in [1.165, 1.54) is 0 Å². The van der Waals surface area contributed by atoms with Crippen LogP contribution < -0.4 is 10.9 Å². The Morgan fingerprint density at radius 3 is 2.91 bits per heavy atom. The van der Waals surface area contributed by atoms with Crippen LogP contribution in [0.4, 0.5) is 11.6 Å². The number of nitriles is 1. The van der Waals surface area contributed by atoms with Crippen molar-refractivity contribution in [3.05, 3.63) is 68.3 Å². The third-order valence-electron chi connectivity index (χ3n) is 2.94. The van der Waals surface area contributed by atoms with Gasteiger partial charge in [-0.05, 0) is 29.6 Å². The minimum atomic E-state index is -0.276. The first kappa shape index (κ1) is 14.0. The van der Waals surface area contributed by atoms with Gasteiger partial charge in [-0.2, -0.15) is 5.26 Å². The topological polar surface area (TPSA) is 94.5 Å². The van der Waals surface area contributed by atoms with Crippen molar-refractivity contribution in [1.29, 1.82) is 5.26 Å². The summed E-state index contributed by atoms with van der Waals surface area (Å²) in [4.78, 5) is 15.7. The Morgan fingerprint density at radius 1 is 1.27 bits per heavy atom. The molecule has 0 atom stereocenters. The van der Waals surface area contributed by atoms with Gasteiger partial charge in [-0.1, -0.05) is 12.1 Å². The highest BCUT2D eigenvalue weighted by Crippen LogP contribution is 2.14. The first-order valence-electron chi connectivity index (χ1n) is 6.50. The lowest BCUT2D eigenvalue weighted by Crippen LogP contribution is -2.18. The van der Waals surface area contributed by atoms with Crippen molar-refractivity contribution in [3.8, 4) is 6.07 Å². The molecule has 3 aromatic rings. The molecule has 3 rings (SSSR count). The molecule has 0 saturated carbocycles. The molecule has 0 saturated heterocycles. The smallest absolute Gasteiger partial charge is 0.274 e. The molecule has 2 aromatic heterocycles. The Kier molecular flexibility index (Phi) is 3.94. The maximum absolute atomic E-state index is 12.0. The summed E-state index contributed by atoms with van der Waals surface area (Å²) in [6, 6.07) is 12.8. The molecule has 0 radical (unpaired) electrons. The van der Waals surface area contributed by atoms with Gasteiger partial charge in [0.05, 0.1) is 11.6 Å². The summed E-state index contributed by atoms with van der Waals surface area (Å²) >= 11 is 1.57. The average molecular weight is 309 g/mol. The van der Waals surface area contributed by atoms with Gasteiger partial charge in [0.15, 0.2) is 0 Å². The maximum Gasteiger partial charge on any atom is 0.274 e. The van der Waals surface area contributed by atoms with E-state index < -0.39 is 0 Å². The second kappa shape index (κ2) is 6.20. The number of thiophene rings is 1. The minimum Gasteiger partial charge on any atom is -0.324 e. The van der Waals surface area contributed by atoms with Crippen molar-refractivity contribution in [2.75, 3.05) is 5.32 Å². The Balaban J connectivity index is 1.80. The zero-order valence-electron chi connectivity index (χ0n) is 11.4. The molecule has 2 N–H and O–H groups in total. The van der Waals surface area contributed by atoms with Crippen molar-refractivity contribution in [1.82, 2.24) is 15.2 Å². The van der Waals surface area contributed by atoms with E-state index in [-0.39, 0.29) is 11.5 Å². The fraction of sp³-hybridized carbons (Fsp3) is 0.0667. The van der Waals surface area contributed by atoms with Crippen LogP contribution in [-0.4, -0.2) is 15.2 Å².